The van der Waals surface area contributed by atoms with Gasteiger partial charge in [-0.15, -0.1) is 31.7 Å². The van der Waals surface area contributed by atoms with Gasteiger partial charge in [-0.25, -0.2) is 0 Å². The van der Waals surface area contributed by atoms with Gasteiger partial charge in [-0.05, 0) is 30.0 Å². The Hall–Kier alpha value is -2.98. The van der Waals surface area contributed by atoms with Crippen LogP contribution in [-0.2, 0) is 11.3 Å². The first-order chi connectivity index (χ1) is 14.7. The Kier molecular flexibility index (Phi) is 6.55. The summed E-state index contributed by atoms with van der Waals surface area (Å²) in [6, 6.07) is 13.4. The predicted molar refractivity (Wildman–Crippen MR) is 114 cm³/mol. The van der Waals surface area contributed by atoms with E-state index in [-0.39, 0.29) is 18.2 Å². The Balaban J connectivity index is 1.36. The molecule has 10 heteroatoms. The summed E-state index contributed by atoms with van der Waals surface area (Å²) in [4.78, 5) is 15.4. The van der Waals surface area contributed by atoms with Crippen LogP contribution in [0.3, 0.4) is 0 Å². The normalized spacial score (nSPS) is 11.0. The lowest BCUT2D eigenvalue weighted by Gasteiger charge is -2.19. The van der Waals surface area contributed by atoms with E-state index in [9.17, 15) is 4.79 Å². The number of carbonyl (C=O) groups is 1. The maximum Gasteiger partial charge on any atom is 0.277 e. The summed E-state index contributed by atoms with van der Waals surface area (Å²) in [5, 5.41) is 18.5. The minimum Gasteiger partial charge on any atom is -0.418 e. The SMILES string of the molecule is CCCN(Cc1nnc(-c2cccs2)o1)C(=O)CSc1nnc(-c2ccccc2)o1. The summed E-state index contributed by atoms with van der Waals surface area (Å²) in [7, 11) is 0. The lowest BCUT2D eigenvalue weighted by molar-refractivity contribution is -0.129. The summed E-state index contributed by atoms with van der Waals surface area (Å²) in [6.07, 6.45) is 0.820. The highest BCUT2D eigenvalue weighted by atomic mass is 32.2. The number of benzene rings is 1. The van der Waals surface area contributed by atoms with Gasteiger partial charge < -0.3 is 13.7 Å². The van der Waals surface area contributed by atoms with Gasteiger partial charge in [-0.3, -0.25) is 4.79 Å². The largest absolute Gasteiger partial charge is 0.418 e. The van der Waals surface area contributed by atoms with Crippen LogP contribution in [0.25, 0.3) is 22.2 Å². The molecule has 0 aliphatic heterocycles. The van der Waals surface area contributed by atoms with Gasteiger partial charge in [0.05, 0.1) is 17.2 Å². The minimum absolute atomic E-state index is 0.0582. The van der Waals surface area contributed by atoms with Crippen molar-refractivity contribution in [3.8, 4) is 22.2 Å². The molecular weight excluding hydrogens is 422 g/mol. The van der Waals surface area contributed by atoms with Crippen LogP contribution in [0, 0.1) is 0 Å². The van der Waals surface area contributed by atoms with Crippen molar-refractivity contribution in [1.29, 1.82) is 0 Å². The fraction of sp³-hybridized carbons (Fsp3) is 0.250. The van der Waals surface area contributed by atoms with Crippen molar-refractivity contribution in [1.82, 2.24) is 25.3 Å². The van der Waals surface area contributed by atoms with Crippen molar-refractivity contribution < 1.29 is 13.6 Å². The third kappa shape index (κ3) is 4.95. The molecule has 3 heterocycles. The summed E-state index contributed by atoms with van der Waals surface area (Å²) in [5.41, 5.74) is 0.841. The van der Waals surface area contributed by atoms with Gasteiger partial charge in [-0.2, -0.15) is 0 Å². The quantitative estimate of drug-likeness (QED) is 0.353. The van der Waals surface area contributed by atoms with E-state index >= 15 is 0 Å². The van der Waals surface area contributed by atoms with Crippen molar-refractivity contribution in [2.45, 2.75) is 25.1 Å². The van der Waals surface area contributed by atoms with Crippen molar-refractivity contribution in [3.63, 3.8) is 0 Å². The molecular formula is C20H19N5O3S2. The molecule has 1 amide bonds. The molecule has 0 fully saturated rings. The van der Waals surface area contributed by atoms with E-state index in [1.165, 1.54) is 23.1 Å². The van der Waals surface area contributed by atoms with Gasteiger partial charge in [0.15, 0.2) is 0 Å². The molecule has 1 aromatic carbocycles. The fourth-order valence-electron chi connectivity index (χ4n) is 2.72. The number of rotatable bonds is 9. The monoisotopic (exact) mass is 441 g/mol. The maximum absolute atomic E-state index is 12.8. The molecule has 0 saturated heterocycles. The highest BCUT2D eigenvalue weighted by Gasteiger charge is 2.19. The number of amides is 1. The van der Waals surface area contributed by atoms with E-state index in [1.54, 1.807) is 4.90 Å². The average molecular weight is 442 g/mol. The van der Waals surface area contributed by atoms with E-state index in [0.717, 1.165) is 16.9 Å². The number of hydrogen-bond donors (Lipinski definition) is 0. The first-order valence-corrected chi connectivity index (χ1v) is 11.2. The topological polar surface area (TPSA) is 98.2 Å². The molecule has 154 valence electrons. The number of thioether (sulfide) groups is 1. The van der Waals surface area contributed by atoms with E-state index in [0.29, 0.717) is 29.4 Å². The molecule has 30 heavy (non-hydrogen) atoms. The average Bonchev–Trinajstić information content (AvgIpc) is 3.54. The first kappa shape index (κ1) is 20.3. The van der Waals surface area contributed by atoms with Crippen LogP contribution >= 0.6 is 23.1 Å². The fourth-order valence-corrected chi connectivity index (χ4v) is 4.03. The van der Waals surface area contributed by atoms with Crippen LogP contribution in [0.2, 0.25) is 0 Å². The second-order valence-corrected chi connectivity index (χ2v) is 8.20. The minimum atomic E-state index is -0.0582. The molecule has 0 radical (unpaired) electrons. The van der Waals surface area contributed by atoms with Gasteiger partial charge in [-0.1, -0.05) is 43.0 Å². The van der Waals surface area contributed by atoms with Crippen molar-refractivity contribution >= 4 is 29.0 Å². The number of nitrogens with zero attached hydrogens (tertiary/aromatic N) is 5. The Labute approximate surface area is 181 Å². The summed E-state index contributed by atoms with van der Waals surface area (Å²) in [6.45, 7) is 2.88. The zero-order chi connectivity index (χ0) is 20.8. The second-order valence-electron chi connectivity index (χ2n) is 6.32. The van der Waals surface area contributed by atoms with Gasteiger partial charge in [0.25, 0.3) is 11.1 Å². The standard InChI is InChI=1S/C20H19N5O3S2/c1-2-10-25(12-16-21-23-19(27-16)15-9-6-11-29-15)17(26)13-30-20-24-22-18(28-20)14-7-4-3-5-8-14/h3-9,11H,2,10,12-13H2,1H3. The van der Waals surface area contributed by atoms with Crippen LogP contribution in [-0.4, -0.2) is 43.5 Å². The Morgan fingerprint density at radius 2 is 1.87 bits per heavy atom. The molecule has 0 unspecified atom stereocenters. The lowest BCUT2D eigenvalue weighted by Crippen LogP contribution is -2.32. The maximum atomic E-state index is 12.8. The van der Waals surface area contributed by atoms with Gasteiger partial charge in [0, 0.05) is 12.1 Å². The van der Waals surface area contributed by atoms with Crippen LogP contribution in [0.15, 0.2) is 61.9 Å². The van der Waals surface area contributed by atoms with Gasteiger partial charge >= 0.3 is 0 Å². The smallest absolute Gasteiger partial charge is 0.277 e. The van der Waals surface area contributed by atoms with Crippen LogP contribution in [0.4, 0.5) is 0 Å². The molecule has 0 bridgehead atoms. The van der Waals surface area contributed by atoms with Crippen LogP contribution in [0.1, 0.15) is 19.2 Å². The Morgan fingerprint density at radius 1 is 1.03 bits per heavy atom. The second kappa shape index (κ2) is 9.68. The van der Waals surface area contributed by atoms with Crippen molar-refractivity contribution in [2.75, 3.05) is 12.3 Å². The van der Waals surface area contributed by atoms with Crippen molar-refractivity contribution in [3.05, 3.63) is 53.7 Å². The van der Waals surface area contributed by atoms with Crippen LogP contribution in [0.5, 0.6) is 0 Å². The number of hydrogen-bond acceptors (Lipinski definition) is 9. The van der Waals surface area contributed by atoms with Gasteiger partial charge in [0.2, 0.25) is 17.7 Å². The third-order valence-corrected chi connectivity index (χ3v) is 5.78. The predicted octanol–water partition coefficient (Wildman–Crippen LogP) is 4.38. The third-order valence-electron chi connectivity index (χ3n) is 4.12. The Bertz CT molecular complexity index is 1080. The molecule has 0 aliphatic carbocycles. The van der Waals surface area contributed by atoms with E-state index < -0.39 is 0 Å². The van der Waals surface area contributed by atoms with E-state index in [4.69, 9.17) is 8.83 Å². The number of carbonyl (C=O) groups excluding carboxylic acids is 1. The molecule has 0 atom stereocenters. The zero-order valence-electron chi connectivity index (χ0n) is 16.2. The molecule has 0 spiro atoms. The highest BCUT2D eigenvalue weighted by molar-refractivity contribution is 7.99. The number of aromatic nitrogens is 4. The van der Waals surface area contributed by atoms with Gasteiger partial charge in [0.1, 0.15) is 0 Å². The number of thiophene rings is 1. The molecule has 8 nitrogen and oxygen atoms in total. The molecule has 4 rings (SSSR count). The van der Waals surface area contributed by atoms with Crippen LogP contribution < -0.4 is 0 Å². The summed E-state index contributed by atoms with van der Waals surface area (Å²) >= 11 is 2.74. The highest BCUT2D eigenvalue weighted by Crippen LogP contribution is 2.25. The zero-order valence-corrected chi connectivity index (χ0v) is 17.9. The lowest BCUT2D eigenvalue weighted by atomic mass is 10.2. The molecule has 0 N–H and O–H groups in total. The first-order valence-electron chi connectivity index (χ1n) is 9.38. The molecule has 4 aromatic rings. The Morgan fingerprint density at radius 3 is 2.63 bits per heavy atom. The van der Waals surface area contributed by atoms with E-state index in [2.05, 4.69) is 20.4 Å². The van der Waals surface area contributed by atoms with E-state index in [1.807, 2.05) is 54.8 Å². The summed E-state index contributed by atoms with van der Waals surface area (Å²) in [5.74, 6) is 1.44. The molecule has 0 saturated carbocycles. The summed E-state index contributed by atoms with van der Waals surface area (Å²) < 4.78 is 11.4. The van der Waals surface area contributed by atoms with Crippen molar-refractivity contribution in [2.24, 2.45) is 0 Å². The molecule has 3 aromatic heterocycles. The molecule has 0 aliphatic rings.